The van der Waals surface area contributed by atoms with E-state index in [2.05, 4.69) is 24.1 Å². The summed E-state index contributed by atoms with van der Waals surface area (Å²) in [6.45, 7) is 9.10. The number of ether oxygens (including phenoxy) is 1. The van der Waals surface area contributed by atoms with Gasteiger partial charge in [-0.25, -0.2) is 4.39 Å². The molecule has 0 bridgehead atoms. The molecule has 1 saturated heterocycles. The van der Waals surface area contributed by atoms with Gasteiger partial charge >= 0.3 is 0 Å². The van der Waals surface area contributed by atoms with Crippen LogP contribution in [0.2, 0.25) is 0 Å². The number of nitrogens with one attached hydrogen (secondary N) is 1. The zero-order valence-corrected chi connectivity index (χ0v) is 13.1. The second kappa shape index (κ2) is 8.35. The first-order chi connectivity index (χ1) is 10.1. The first kappa shape index (κ1) is 16.2. The molecular formula is C17H27FN2O. The fraction of sp³-hybridized carbons (Fsp3) is 0.647. The van der Waals surface area contributed by atoms with Gasteiger partial charge < -0.3 is 10.1 Å². The molecule has 118 valence electrons. The number of benzene rings is 1. The first-order valence-electron chi connectivity index (χ1n) is 7.98. The smallest absolute Gasteiger partial charge is 0.165 e. The van der Waals surface area contributed by atoms with E-state index < -0.39 is 0 Å². The number of hydrogen-bond acceptors (Lipinski definition) is 3. The molecule has 4 heteroatoms. The molecule has 1 atom stereocenters. The highest BCUT2D eigenvalue weighted by atomic mass is 19.1. The Balaban J connectivity index is 1.69. The van der Waals surface area contributed by atoms with Gasteiger partial charge in [-0.15, -0.1) is 0 Å². The molecule has 1 heterocycles. The Morgan fingerprint density at radius 2 is 2.19 bits per heavy atom. The summed E-state index contributed by atoms with van der Waals surface area (Å²) in [6.07, 6.45) is 2.54. The van der Waals surface area contributed by atoms with Crippen LogP contribution in [0.5, 0.6) is 5.75 Å². The van der Waals surface area contributed by atoms with Gasteiger partial charge in [0.2, 0.25) is 0 Å². The predicted molar refractivity (Wildman–Crippen MR) is 84.2 cm³/mol. The van der Waals surface area contributed by atoms with Gasteiger partial charge in [-0.3, -0.25) is 4.90 Å². The van der Waals surface area contributed by atoms with Crippen molar-refractivity contribution in [2.45, 2.75) is 32.7 Å². The number of piperidine rings is 1. The molecule has 1 aromatic carbocycles. The maximum absolute atomic E-state index is 13.4. The van der Waals surface area contributed by atoms with Gasteiger partial charge in [-0.1, -0.05) is 26.0 Å². The van der Waals surface area contributed by atoms with Gasteiger partial charge in [0.25, 0.3) is 0 Å². The van der Waals surface area contributed by atoms with E-state index in [9.17, 15) is 4.39 Å². The lowest BCUT2D eigenvalue weighted by atomic mass is 9.98. The maximum atomic E-state index is 13.4. The topological polar surface area (TPSA) is 24.5 Å². The average Bonchev–Trinajstić information content (AvgIpc) is 2.48. The van der Waals surface area contributed by atoms with E-state index in [1.165, 1.54) is 18.9 Å². The van der Waals surface area contributed by atoms with Crippen molar-refractivity contribution in [1.29, 1.82) is 0 Å². The fourth-order valence-corrected chi connectivity index (χ4v) is 2.77. The van der Waals surface area contributed by atoms with Gasteiger partial charge in [0.15, 0.2) is 11.6 Å². The molecule has 0 amide bonds. The summed E-state index contributed by atoms with van der Waals surface area (Å²) < 4.78 is 19.0. The van der Waals surface area contributed by atoms with Gasteiger partial charge in [0.1, 0.15) is 6.61 Å². The van der Waals surface area contributed by atoms with Crippen LogP contribution in [0.1, 0.15) is 26.7 Å². The third kappa shape index (κ3) is 5.64. The summed E-state index contributed by atoms with van der Waals surface area (Å²) in [7, 11) is 0. The summed E-state index contributed by atoms with van der Waals surface area (Å²) in [5, 5.41) is 3.52. The highest BCUT2D eigenvalue weighted by molar-refractivity contribution is 5.23. The Kier molecular flexibility index (Phi) is 6.46. The van der Waals surface area contributed by atoms with Gasteiger partial charge in [-0.05, 0) is 44.0 Å². The largest absolute Gasteiger partial charge is 0.489 e. The van der Waals surface area contributed by atoms with Crippen LogP contribution in [0, 0.1) is 11.7 Å². The summed E-state index contributed by atoms with van der Waals surface area (Å²) in [5.74, 6) is 0.789. The molecule has 1 N–H and O–H groups in total. The molecule has 1 fully saturated rings. The number of hydrogen-bond donors (Lipinski definition) is 1. The maximum Gasteiger partial charge on any atom is 0.165 e. The SMILES string of the molecule is CC(C)NCC1CCCN(CCOc2ccccc2F)C1. The Hall–Kier alpha value is -1.13. The van der Waals surface area contributed by atoms with E-state index in [0.29, 0.717) is 18.4 Å². The van der Waals surface area contributed by atoms with Crippen molar-refractivity contribution in [2.24, 2.45) is 5.92 Å². The third-order valence-electron chi connectivity index (χ3n) is 3.92. The van der Waals surface area contributed by atoms with Gasteiger partial charge in [0.05, 0.1) is 0 Å². The van der Waals surface area contributed by atoms with Crippen LogP contribution in [0.25, 0.3) is 0 Å². The van der Waals surface area contributed by atoms with Crippen molar-refractivity contribution >= 4 is 0 Å². The molecule has 1 unspecified atom stereocenters. The molecule has 1 aliphatic rings. The lowest BCUT2D eigenvalue weighted by Gasteiger charge is -2.33. The second-order valence-corrected chi connectivity index (χ2v) is 6.15. The normalized spacial score (nSPS) is 19.9. The van der Waals surface area contributed by atoms with Gasteiger partial charge in [0, 0.05) is 19.1 Å². The molecule has 0 aliphatic carbocycles. The van der Waals surface area contributed by atoms with Gasteiger partial charge in [-0.2, -0.15) is 0 Å². The van der Waals surface area contributed by atoms with Crippen molar-refractivity contribution in [1.82, 2.24) is 10.2 Å². The zero-order valence-electron chi connectivity index (χ0n) is 13.1. The van der Waals surface area contributed by atoms with Crippen LogP contribution in [0.4, 0.5) is 4.39 Å². The molecule has 21 heavy (non-hydrogen) atoms. The van der Waals surface area contributed by atoms with E-state index in [-0.39, 0.29) is 5.82 Å². The Bertz CT molecular complexity index is 425. The van der Waals surface area contributed by atoms with Crippen molar-refractivity contribution in [2.75, 3.05) is 32.8 Å². The molecule has 1 aromatic rings. The van der Waals surface area contributed by atoms with Crippen LogP contribution in [0.15, 0.2) is 24.3 Å². The monoisotopic (exact) mass is 294 g/mol. The quantitative estimate of drug-likeness (QED) is 0.837. The van der Waals surface area contributed by atoms with Crippen molar-refractivity contribution in [3.8, 4) is 5.75 Å². The highest BCUT2D eigenvalue weighted by Gasteiger charge is 2.19. The molecule has 0 spiro atoms. The lowest BCUT2D eigenvalue weighted by molar-refractivity contribution is 0.143. The minimum Gasteiger partial charge on any atom is -0.489 e. The molecule has 0 radical (unpaired) electrons. The van der Waals surface area contributed by atoms with Crippen LogP contribution >= 0.6 is 0 Å². The Morgan fingerprint density at radius 3 is 2.95 bits per heavy atom. The molecule has 3 nitrogen and oxygen atoms in total. The van der Waals surface area contributed by atoms with E-state index in [1.807, 2.05) is 0 Å². The van der Waals surface area contributed by atoms with E-state index >= 15 is 0 Å². The molecule has 2 rings (SSSR count). The van der Waals surface area contributed by atoms with Crippen LogP contribution < -0.4 is 10.1 Å². The Labute approximate surface area is 127 Å². The third-order valence-corrected chi connectivity index (χ3v) is 3.92. The number of rotatable bonds is 7. The second-order valence-electron chi connectivity index (χ2n) is 6.15. The minimum absolute atomic E-state index is 0.282. The van der Waals surface area contributed by atoms with E-state index in [1.54, 1.807) is 18.2 Å². The minimum atomic E-state index is -0.282. The van der Waals surface area contributed by atoms with Crippen LogP contribution in [-0.4, -0.2) is 43.7 Å². The predicted octanol–water partition coefficient (Wildman–Crippen LogP) is 2.91. The summed E-state index contributed by atoms with van der Waals surface area (Å²) in [6, 6.07) is 7.14. The van der Waals surface area contributed by atoms with Crippen molar-refractivity contribution in [3.05, 3.63) is 30.1 Å². The lowest BCUT2D eigenvalue weighted by Crippen LogP contribution is -2.42. The summed E-state index contributed by atoms with van der Waals surface area (Å²) >= 11 is 0. The number of para-hydroxylation sites is 1. The molecule has 1 aliphatic heterocycles. The first-order valence-corrected chi connectivity index (χ1v) is 7.98. The van der Waals surface area contributed by atoms with E-state index in [4.69, 9.17) is 4.74 Å². The molecule has 0 aromatic heterocycles. The standard InChI is InChI=1S/C17H27FN2O/c1-14(2)19-12-15-6-5-9-20(13-15)10-11-21-17-8-4-3-7-16(17)18/h3-4,7-8,14-15,19H,5-6,9-13H2,1-2H3. The number of halogens is 1. The number of likely N-dealkylation sites (tertiary alicyclic amines) is 1. The van der Waals surface area contributed by atoms with Crippen molar-refractivity contribution < 1.29 is 9.13 Å². The zero-order chi connectivity index (χ0) is 15.1. The summed E-state index contributed by atoms with van der Waals surface area (Å²) in [5.41, 5.74) is 0. The molecule has 0 saturated carbocycles. The number of nitrogens with zero attached hydrogens (tertiary/aromatic N) is 1. The summed E-state index contributed by atoms with van der Waals surface area (Å²) in [4.78, 5) is 2.43. The van der Waals surface area contributed by atoms with Crippen molar-refractivity contribution in [3.63, 3.8) is 0 Å². The Morgan fingerprint density at radius 1 is 1.38 bits per heavy atom. The average molecular weight is 294 g/mol. The van der Waals surface area contributed by atoms with Crippen LogP contribution in [0.3, 0.4) is 0 Å². The van der Waals surface area contributed by atoms with Crippen LogP contribution in [-0.2, 0) is 0 Å². The molecular weight excluding hydrogens is 267 g/mol. The fourth-order valence-electron chi connectivity index (χ4n) is 2.77. The van der Waals surface area contributed by atoms with E-state index in [0.717, 1.165) is 32.1 Å². The highest BCUT2D eigenvalue weighted by Crippen LogP contribution is 2.17.